The number of carbonyl (C=O) groups excluding carboxylic acids is 1. The largest absolute Gasteiger partial charge is 0.494 e. The molecule has 8 nitrogen and oxygen atoms in total. The van der Waals surface area contributed by atoms with Crippen LogP contribution < -0.4 is 10.1 Å². The van der Waals surface area contributed by atoms with Crippen molar-refractivity contribution >= 4 is 22.5 Å². The smallest absolute Gasteiger partial charge is 0.274 e. The van der Waals surface area contributed by atoms with Crippen molar-refractivity contribution in [1.29, 1.82) is 0 Å². The van der Waals surface area contributed by atoms with Crippen LogP contribution in [0.25, 0.3) is 33.9 Å². The second-order valence-electron chi connectivity index (χ2n) is 7.96. The number of nitrogens with one attached hydrogen (secondary N) is 2. The molecule has 2 aromatic carbocycles. The first-order valence-electron chi connectivity index (χ1n) is 11.0. The van der Waals surface area contributed by atoms with Crippen LogP contribution in [-0.2, 0) is 4.79 Å². The minimum absolute atomic E-state index is 0.0598. The molecule has 0 saturated heterocycles. The van der Waals surface area contributed by atoms with Crippen molar-refractivity contribution in [2.24, 2.45) is 0 Å². The summed E-state index contributed by atoms with van der Waals surface area (Å²) in [6, 6.07) is 19.0. The van der Waals surface area contributed by atoms with Gasteiger partial charge in [0.2, 0.25) is 11.7 Å². The zero-order valence-corrected chi connectivity index (χ0v) is 18.6. The van der Waals surface area contributed by atoms with Gasteiger partial charge in [0.05, 0.1) is 6.61 Å². The topological polar surface area (TPSA) is 106 Å². The van der Waals surface area contributed by atoms with E-state index in [9.17, 15) is 4.79 Å². The lowest BCUT2D eigenvalue weighted by Crippen LogP contribution is -2.12. The number of aromatic amines is 1. The van der Waals surface area contributed by atoms with Crippen LogP contribution in [0.1, 0.15) is 18.4 Å². The number of pyridine rings is 1. The van der Waals surface area contributed by atoms with Crippen molar-refractivity contribution in [2.45, 2.75) is 19.8 Å². The minimum atomic E-state index is -0.0598. The Balaban J connectivity index is 1.14. The molecule has 0 radical (unpaired) electrons. The highest BCUT2D eigenvalue weighted by molar-refractivity contribution is 5.91. The van der Waals surface area contributed by atoms with Crippen molar-refractivity contribution in [1.82, 2.24) is 20.1 Å². The summed E-state index contributed by atoms with van der Waals surface area (Å²) in [5, 5.41) is 7.95. The molecule has 0 bridgehead atoms. The molecular weight excluding hydrogens is 430 g/mol. The summed E-state index contributed by atoms with van der Waals surface area (Å²) in [6.45, 7) is 2.52. The number of ether oxygens (including phenoxy) is 1. The summed E-state index contributed by atoms with van der Waals surface area (Å²) in [4.78, 5) is 24.1. The first-order valence-corrected chi connectivity index (χ1v) is 11.0. The molecule has 0 spiro atoms. The van der Waals surface area contributed by atoms with Crippen molar-refractivity contribution in [2.75, 3.05) is 11.9 Å². The number of H-pyrrole nitrogens is 1. The fourth-order valence-corrected chi connectivity index (χ4v) is 3.52. The van der Waals surface area contributed by atoms with Crippen LogP contribution >= 0.6 is 0 Å². The number of rotatable bonds is 8. The van der Waals surface area contributed by atoms with E-state index in [-0.39, 0.29) is 5.91 Å². The molecule has 1 amide bonds. The van der Waals surface area contributed by atoms with Gasteiger partial charge in [0.1, 0.15) is 11.4 Å². The average Bonchev–Trinajstić information content (AvgIpc) is 3.51. The third-order valence-electron chi connectivity index (χ3n) is 5.34. The standard InChI is InChI=1S/C26H23N5O3/c1-17-4-10-21(11-5-17)33-14-2-3-24(32)28-20-8-6-18(7-9-20)25-30-26(34-31-25)23-15-19-16-27-13-12-22(19)29-23/h4-13,15-16,29H,2-3,14H2,1H3,(H,28,32). The van der Waals surface area contributed by atoms with Gasteiger partial charge in [-0.1, -0.05) is 22.9 Å². The molecule has 5 aromatic rings. The molecule has 0 saturated carbocycles. The van der Waals surface area contributed by atoms with E-state index in [0.717, 1.165) is 27.9 Å². The van der Waals surface area contributed by atoms with Crippen LogP contribution in [-0.4, -0.2) is 32.6 Å². The van der Waals surface area contributed by atoms with Crippen molar-refractivity contribution < 1.29 is 14.1 Å². The summed E-state index contributed by atoms with van der Waals surface area (Å²) in [5.41, 5.74) is 4.37. The van der Waals surface area contributed by atoms with E-state index in [4.69, 9.17) is 9.26 Å². The maximum Gasteiger partial charge on any atom is 0.274 e. The second kappa shape index (κ2) is 9.58. The number of aryl methyl sites for hydroxylation is 1. The predicted molar refractivity (Wildman–Crippen MR) is 129 cm³/mol. The number of benzene rings is 2. The zero-order chi connectivity index (χ0) is 23.3. The number of aromatic nitrogens is 4. The van der Waals surface area contributed by atoms with Crippen LogP contribution in [0.5, 0.6) is 5.75 Å². The van der Waals surface area contributed by atoms with E-state index in [1.165, 1.54) is 5.56 Å². The number of fused-ring (bicyclic) bond motifs is 1. The summed E-state index contributed by atoms with van der Waals surface area (Å²) in [5.74, 6) is 1.62. The summed E-state index contributed by atoms with van der Waals surface area (Å²) < 4.78 is 11.1. The molecule has 34 heavy (non-hydrogen) atoms. The van der Waals surface area contributed by atoms with Crippen LogP contribution in [0.3, 0.4) is 0 Å². The maximum atomic E-state index is 12.2. The summed E-state index contributed by atoms with van der Waals surface area (Å²) in [7, 11) is 0. The summed E-state index contributed by atoms with van der Waals surface area (Å²) >= 11 is 0. The van der Waals surface area contributed by atoms with E-state index in [1.807, 2.05) is 67.6 Å². The quantitative estimate of drug-likeness (QED) is 0.305. The molecule has 2 N–H and O–H groups in total. The van der Waals surface area contributed by atoms with Crippen LogP contribution in [0, 0.1) is 6.92 Å². The number of amides is 1. The average molecular weight is 454 g/mol. The summed E-state index contributed by atoms with van der Waals surface area (Å²) in [6.07, 6.45) is 4.51. The number of hydrogen-bond acceptors (Lipinski definition) is 6. The first-order chi connectivity index (χ1) is 16.6. The van der Waals surface area contributed by atoms with Gasteiger partial charge in [-0.3, -0.25) is 9.78 Å². The zero-order valence-electron chi connectivity index (χ0n) is 18.6. The fraction of sp³-hybridized carbons (Fsp3) is 0.154. The lowest BCUT2D eigenvalue weighted by molar-refractivity contribution is -0.116. The van der Waals surface area contributed by atoms with Gasteiger partial charge in [-0.05, 0) is 61.9 Å². The van der Waals surface area contributed by atoms with Gasteiger partial charge in [-0.2, -0.15) is 4.98 Å². The van der Waals surface area contributed by atoms with Gasteiger partial charge in [-0.15, -0.1) is 0 Å². The lowest BCUT2D eigenvalue weighted by atomic mass is 10.2. The Bertz CT molecular complexity index is 1370. The molecule has 0 fully saturated rings. The molecule has 170 valence electrons. The monoisotopic (exact) mass is 453 g/mol. The molecule has 0 atom stereocenters. The van der Waals surface area contributed by atoms with Gasteiger partial charge in [0, 0.05) is 41.0 Å². The maximum absolute atomic E-state index is 12.2. The van der Waals surface area contributed by atoms with Crippen LogP contribution in [0.15, 0.2) is 77.6 Å². The van der Waals surface area contributed by atoms with Gasteiger partial charge in [0.15, 0.2) is 0 Å². The van der Waals surface area contributed by atoms with E-state index in [0.29, 0.717) is 36.9 Å². The Morgan fingerprint density at radius 3 is 2.71 bits per heavy atom. The number of nitrogens with zero attached hydrogens (tertiary/aromatic N) is 3. The van der Waals surface area contributed by atoms with Crippen molar-refractivity contribution in [3.8, 4) is 28.7 Å². The third kappa shape index (κ3) is 4.96. The molecule has 3 heterocycles. The highest BCUT2D eigenvalue weighted by Gasteiger charge is 2.13. The minimum Gasteiger partial charge on any atom is -0.494 e. The number of carbonyl (C=O) groups is 1. The molecule has 5 rings (SSSR count). The first kappa shape index (κ1) is 21.4. The van der Waals surface area contributed by atoms with E-state index < -0.39 is 0 Å². The van der Waals surface area contributed by atoms with Crippen LogP contribution in [0.4, 0.5) is 5.69 Å². The van der Waals surface area contributed by atoms with Gasteiger partial charge >= 0.3 is 0 Å². The van der Waals surface area contributed by atoms with Crippen molar-refractivity contribution in [3.63, 3.8) is 0 Å². The van der Waals surface area contributed by atoms with Gasteiger partial charge in [-0.25, -0.2) is 0 Å². The fourth-order valence-electron chi connectivity index (χ4n) is 3.52. The molecule has 0 aliphatic heterocycles. The molecule has 3 aromatic heterocycles. The van der Waals surface area contributed by atoms with E-state index in [2.05, 4.69) is 25.4 Å². The predicted octanol–water partition coefficient (Wildman–Crippen LogP) is 5.39. The number of anilines is 1. The Kier molecular flexibility index (Phi) is 6.03. The molecule has 0 aliphatic carbocycles. The van der Waals surface area contributed by atoms with Gasteiger partial charge < -0.3 is 19.6 Å². The normalized spacial score (nSPS) is 11.0. The Morgan fingerprint density at radius 2 is 1.91 bits per heavy atom. The van der Waals surface area contributed by atoms with Crippen LogP contribution in [0.2, 0.25) is 0 Å². The highest BCUT2D eigenvalue weighted by Crippen LogP contribution is 2.25. The number of hydrogen-bond donors (Lipinski definition) is 2. The lowest BCUT2D eigenvalue weighted by Gasteiger charge is -2.07. The molecule has 0 aliphatic rings. The second-order valence-corrected chi connectivity index (χ2v) is 7.96. The van der Waals surface area contributed by atoms with E-state index >= 15 is 0 Å². The molecule has 0 unspecified atom stereocenters. The SMILES string of the molecule is Cc1ccc(OCCCC(=O)Nc2ccc(-c3noc(-c4cc5cnccc5[nH]4)n3)cc2)cc1. The third-order valence-corrected chi connectivity index (χ3v) is 5.34. The Morgan fingerprint density at radius 1 is 1.09 bits per heavy atom. The highest BCUT2D eigenvalue weighted by atomic mass is 16.5. The van der Waals surface area contributed by atoms with Crippen molar-refractivity contribution in [3.05, 3.63) is 78.6 Å². The Labute approximate surface area is 196 Å². The Hall–Kier alpha value is -4.46. The van der Waals surface area contributed by atoms with E-state index in [1.54, 1.807) is 12.4 Å². The molecule has 8 heteroatoms. The molecular formula is C26H23N5O3. The van der Waals surface area contributed by atoms with Gasteiger partial charge in [0.25, 0.3) is 5.89 Å².